The Morgan fingerprint density at radius 3 is 2.30 bits per heavy atom. The Kier molecular flexibility index (Phi) is 10.4. The van der Waals surface area contributed by atoms with Crippen LogP contribution in [0.4, 0.5) is 0 Å². The summed E-state index contributed by atoms with van der Waals surface area (Å²) in [7, 11) is 1.84. The molecule has 0 aliphatic heterocycles. The summed E-state index contributed by atoms with van der Waals surface area (Å²) in [4.78, 5) is 20.5. The minimum absolute atomic E-state index is 0.0335. The SMILES string of the molecule is CN.COC(=O)COc1ccc(S(=O)(=O)n2c(SCc3ncc(C)c(OC)c3C)nc3cc(OC)ccc32)cc1. The van der Waals surface area contributed by atoms with E-state index in [2.05, 4.69) is 20.4 Å². The molecule has 2 N–H and O–H groups in total. The number of pyridine rings is 1. The van der Waals surface area contributed by atoms with Gasteiger partial charge in [0.05, 0.1) is 43.0 Å². The van der Waals surface area contributed by atoms with Crippen LogP contribution in [-0.2, 0) is 25.3 Å². The van der Waals surface area contributed by atoms with Crippen LogP contribution in [0.25, 0.3) is 11.0 Å². The largest absolute Gasteiger partial charge is 0.497 e. The van der Waals surface area contributed by atoms with E-state index >= 15 is 0 Å². The molecule has 0 atom stereocenters. The van der Waals surface area contributed by atoms with Crippen molar-refractivity contribution in [2.75, 3.05) is 35.0 Å². The van der Waals surface area contributed by atoms with Gasteiger partial charge in [-0.25, -0.2) is 22.2 Å². The Bertz CT molecular complexity index is 1590. The Morgan fingerprint density at radius 2 is 1.68 bits per heavy atom. The molecule has 0 aliphatic rings. The summed E-state index contributed by atoms with van der Waals surface area (Å²) in [5.74, 6) is 1.47. The number of nitrogens with two attached hydrogens (primary N) is 1. The van der Waals surface area contributed by atoms with Crippen LogP contribution < -0.4 is 19.9 Å². The van der Waals surface area contributed by atoms with Gasteiger partial charge in [0, 0.05) is 29.1 Å². The number of carbonyl (C=O) groups is 1. The van der Waals surface area contributed by atoms with E-state index in [4.69, 9.17) is 14.2 Å². The van der Waals surface area contributed by atoms with E-state index in [1.165, 1.54) is 61.3 Å². The van der Waals surface area contributed by atoms with Crippen molar-refractivity contribution in [3.63, 3.8) is 0 Å². The van der Waals surface area contributed by atoms with Crippen molar-refractivity contribution < 1.29 is 32.2 Å². The summed E-state index contributed by atoms with van der Waals surface area (Å²) in [6.45, 7) is 3.55. The van der Waals surface area contributed by atoms with Crippen LogP contribution in [0.2, 0.25) is 0 Å². The zero-order valence-electron chi connectivity index (χ0n) is 23.1. The van der Waals surface area contributed by atoms with E-state index in [-0.39, 0.29) is 16.7 Å². The molecule has 0 aliphatic carbocycles. The number of rotatable bonds is 10. The highest BCUT2D eigenvalue weighted by molar-refractivity contribution is 7.99. The number of nitrogens with zero attached hydrogens (tertiary/aromatic N) is 3. The number of esters is 1. The van der Waals surface area contributed by atoms with Gasteiger partial charge in [-0.1, -0.05) is 11.8 Å². The quantitative estimate of drug-likeness (QED) is 0.214. The standard InChI is InChI=1S/C26H27N3O7S2.CH5N/c1-16-13-27-22(17(2)25(16)35-5)15-37-26-28-21-12-19(33-3)8-11-23(21)29(26)38(31,32)20-9-6-18(7-10-20)36-14-24(30)34-4;1-2/h6-13H,14-15H2,1-5H3;2H2,1H3. The van der Waals surface area contributed by atoms with Crippen molar-refractivity contribution in [1.82, 2.24) is 13.9 Å². The first-order chi connectivity index (χ1) is 19.2. The van der Waals surface area contributed by atoms with Gasteiger partial charge in [0.1, 0.15) is 17.2 Å². The lowest BCUT2D eigenvalue weighted by molar-refractivity contribution is -0.142. The van der Waals surface area contributed by atoms with Gasteiger partial charge in [-0.2, -0.15) is 0 Å². The zero-order valence-corrected chi connectivity index (χ0v) is 24.8. The van der Waals surface area contributed by atoms with Gasteiger partial charge in [-0.15, -0.1) is 0 Å². The summed E-state index contributed by atoms with van der Waals surface area (Å²) in [5.41, 5.74) is 7.94. The summed E-state index contributed by atoms with van der Waals surface area (Å²) in [6, 6.07) is 10.8. The molecule has 4 rings (SSSR count). The molecular formula is C27H32N4O7S2. The molecule has 0 unspecified atom stereocenters. The van der Waals surface area contributed by atoms with Crippen LogP contribution in [-0.4, -0.2) is 63.3 Å². The van der Waals surface area contributed by atoms with Gasteiger partial charge in [0.25, 0.3) is 10.0 Å². The van der Waals surface area contributed by atoms with Crippen LogP contribution in [0.1, 0.15) is 16.8 Å². The molecule has 2 aromatic heterocycles. The van der Waals surface area contributed by atoms with Gasteiger partial charge in [-0.3, -0.25) is 4.98 Å². The summed E-state index contributed by atoms with van der Waals surface area (Å²) >= 11 is 1.25. The number of thioether (sulfide) groups is 1. The number of benzene rings is 2. The third kappa shape index (κ3) is 6.49. The fourth-order valence-electron chi connectivity index (χ4n) is 3.83. The molecule has 13 heteroatoms. The Labute approximate surface area is 237 Å². The lowest BCUT2D eigenvalue weighted by atomic mass is 10.1. The third-order valence-electron chi connectivity index (χ3n) is 5.83. The summed E-state index contributed by atoms with van der Waals surface area (Å²) in [6.07, 6.45) is 1.73. The Morgan fingerprint density at radius 1 is 1.00 bits per heavy atom. The minimum Gasteiger partial charge on any atom is -0.497 e. The van der Waals surface area contributed by atoms with Crippen LogP contribution in [0, 0.1) is 13.8 Å². The average Bonchev–Trinajstić information content (AvgIpc) is 3.35. The topological polar surface area (TPSA) is 145 Å². The van der Waals surface area contributed by atoms with Gasteiger partial charge in [0.2, 0.25) is 0 Å². The number of hydrogen-bond donors (Lipinski definition) is 1. The lowest BCUT2D eigenvalue weighted by Gasteiger charge is -2.13. The van der Waals surface area contributed by atoms with Crippen molar-refractivity contribution in [1.29, 1.82) is 0 Å². The van der Waals surface area contributed by atoms with Crippen molar-refractivity contribution >= 4 is 38.8 Å². The highest BCUT2D eigenvalue weighted by atomic mass is 32.2. The fourth-order valence-corrected chi connectivity index (χ4v) is 6.57. The molecule has 0 spiro atoms. The molecule has 2 aromatic carbocycles. The highest BCUT2D eigenvalue weighted by Crippen LogP contribution is 2.34. The maximum atomic E-state index is 13.9. The fraction of sp³-hybridized carbons (Fsp3) is 0.296. The number of aromatic nitrogens is 3. The molecular weight excluding hydrogens is 556 g/mol. The molecule has 4 aromatic rings. The second-order valence-corrected chi connectivity index (χ2v) is 10.9. The Balaban J connectivity index is 0.00000216. The number of fused-ring (bicyclic) bond motifs is 1. The number of aryl methyl sites for hydroxylation is 1. The zero-order chi connectivity index (χ0) is 29.4. The molecule has 0 saturated heterocycles. The lowest BCUT2D eigenvalue weighted by Crippen LogP contribution is -2.15. The number of carbonyl (C=O) groups excluding carboxylic acids is 1. The molecule has 0 amide bonds. The van der Waals surface area contributed by atoms with E-state index in [1.54, 1.807) is 31.5 Å². The van der Waals surface area contributed by atoms with E-state index in [0.717, 1.165) is 22.6 Å². The van der Waals surface area contributed by atoms with Crippen LogP contribution in [0.5, 0.6) is 17.2 Å². The van der Waals surface area contributed by atoms with Crippen molar-refractivity contribution in [2.45, 2.75) is 29.7 Å². The predicted octanol–water partition coefficient (Wildman–Crippen LogP) is 3.72. The maximum absolute atomic E-state index is 13.9. The van der Waals surface area contributed by atoms with E-state index in [9.17, 15) is 13.2 Å². The molecule has 0 saturated carbocycles. The number of methoxy groups -OCH3 is 3. The normalized spacial score (nSPS) is 11.0. The van der Waals surface area contributed by atoms with Gasteiger partial charge in [0.15, 0.2) is 11.8 Å². The first-order valence-corrected chi connectivity index (χ1v) is 14.4. The molecule has 11 nitrogen and oxygen atoms in total. The van der Waals surface area contributed by atoms with Gasteiger partial charge < -0.3 is 24.7 Å². The summed E-state index contributed by atoms with van der Waals surface area (Å²) in [5, 5.41) is 0.278. The monoisotopic (exact) mass is 588 g/mol. The van der Waals surface area contributed by atoms with Crippen molar-refractivity contribution in [3.8, 4) is 17.2 Å². The predicted molar refractivity (Wildman–Crippen MR) is 153 cm³/mol. The van der Waals surface area contributed by atoms with Gasteiger partial charge in [-0.05, 0) is 57.3 Å². The van der Waals surface area contributed by atoms with Crippen LogP contribution >= 0.6 is 11.8 Å². The first kappa shape index (κ1) is 30.7. The molecule has 40 heavy (non-hydrogen) atoms. The smallest absolute Gasteiger partial charge is 0.343 e. The minimum atomic E-state index is -4.06. The van der Waals surface area contributed by atoms with Crippen molar-refractivity contribution in [2.24, 2.45) is 5.73 Å². The molecule has 214 valence electrons. The number of ether oxygens (including phenoxy) is 4. The second kappa shape index (κ2) is 13.5. The van der Waals surface area contributed by atoms with Gasteiger partial charge >= 0.3 is 5.97 Å². The van der Waals surface area contributed by atoms with Crippen LogP contribution in [0.15, 0.2) is 58.7 Å². The maximum Gasteiger partial charge on any atom is 0.343 e. The van der Waals surface area contributed by atoms with E-state index < -0.39 is 16.0 Å². The second-order valence-electron chi connectivity index (χ2n) is 8.19. The number of hydrogen-bond acceptors (Lipinski definition) is 11. The molecule has 2 heterocycles. The molecule has 0 fully saturated rings. The Hall–Kier alpha value is -3.81. The van der Waals surface area contributed by atoms with Crippen molar-refractivity contribution in [3.05, 3.63) is 65.5 Å². The summed E-state index contributed by atoms with van der Waals surface area (Å²) < 4.78 is 49.7. The first-order valence-electron chi connectivity index (χ1n) is 12.0. The molecule has 0 bridgehead atoms. The average molecular weight is 589 g/mol. The number of imidazole rings is 1. The highest BCUT2D eigenvalue weighted by Gasteiger charge is 2.26. The van der Waals surface area contributed by atoms with E-state index in [1.807, 2.05) is 13.8 Å². The molecule has 0 radical (unpaired) electrons. The van der Waals surface area contributed by atoms with Crippen LogP contribution in [0.3, 0.4) is 0 Å². The van der Waals surface area contributed by atoms with E-state index in [0.29, 0.717) is 28.3 Å². The third-order valence-corrected chi connectivity index (χ3v) is 8.61.